The summed E-state index contributed by atoms with van der Waals surface area (Å²) in [6.45, 7) is 5.14. The van der Waals surface area contributed by atoms with Gasteiger partial charge in [0.2, 0.25) is 5.95 Å². The molecule has 31 heavy (non-hydrogen) atoms. The summed E-state index contributed by atoms with van der Waals surface area (Å²) in [6, 6.07) is 9.39. The van der Waals surface area contributed by atoms with Crippen LogP contribution >= 0.6 is 0 Å². The van der Waals surface area contributed by atoms with E-state index in [-0.39, 0.29) is 11.6 Å². The number of allylic oxidation sites excluding steroid dienone is 1. The minimum atomic E-state index is -0.250. The van der Waals surface area contributed by atoms with E-state index in [2.05, 4.69) is 43.5 Å². The zero-order chi connectivity index (χ0) is 21.4. The lowest BCUT2D eigenvalue weighted by Gasteiger charge is -2.45. The van der Waals surface area contributed by atoms with Gasteiger partial charge in [-0.15, -0.1) is 0 Å². The number of hydrogen-bond donors (Lipinski definition) is 4. The lowest BCUT2D eigenvalue weighted by atomic mass is 9.78. The fourth-order valence-electron chi connectivity index (χ4n) is 4.83. The number of carbonyl (C=O) groups is 1. The van der Waals surface area contributed by atoms with E-state index in [1.54, 1.807) is 7.05 Å². The van der Waals surface area contributed by atoms with Crippen molar-refractivity contribution in [3.8, 4) is 0 Å². The Hall–Kier alpha value is -3.55. The zero-order valence-corrected chi connectivity index (χ0v) is 17.7. The van der Waals surface area contributed by atoms with E-state index in [0.717, 1.165) is 41.8 Å². The molecule has 4 N–H and O–H groups in total. The van der Waals surface area contributed by atoms with E-state index in [4.69, 9.17) is 4.98 Å². The van der Waals surface area contributed by atoms with Crippen molar-refractivity contribution >= 4 is 34.4 Å². The van der Waals surface area contributed by atoms with Crippen LogP contribution in [0.5, 0.6) is 0 Å². The normalized spacial score (nSPS) is 17.1. The zero-order valence-electron chi connectivity index (χ0n) is 17.7. The summed E-state index contributed by atoms with van der Waals surface area (Å²) in [7, 11) is 1.59. The van der Waals surface area contributed by atoms with Crippen LogP contribution in [-0.2, 0) is 12.1 Å². The van der Waals surface area contributed by atoms with Crippen LogP contribution in [0.15, 0.2) is 48.8 Å². The van der Waals surface area contributed by atoms with Gasteiger partial charge in [0.15, 0.2) is 0 Å². The maximum Gasteiger partial charge on any atom is 0.318 e. The molecule has 5 rings (SSSR count). The molecule has 1 aliphatic carbocycles. The number of rotatable bonds is 3. The van der Waals surface area contributed by atoms with Crippen LogP contribution in [0.2, 0.25) is 0 Å². The molecule has 2 amide bonds. The highest BCUT2D eigenvalue weighted by Gasteiger charge is 2.41. The largest absolute Gasteiger partial charge is 0.381 e. The molecule has 8 heteroatoms. The highest BCUT2D eigenvalue weighted by Crippen LogP contribution is 2.44. The van der Waals surface area contributed by atoms with Crippen LogP contribution < -0.4 is 21.3 Å². The SMILES string of the molecule is C=C1NCc2cc3cnc(Nc4ccc(NC(=O)NC)cc4)nc3n2C12CCCCC2. The summed E-state index contributed by atoms with van der Waals surface area (Å²) in [5.41, 5.74) is 4.75. The molecule has 1 saturated carbocycles. The third-order valence-corrected chi connectivity index (χ3v) is 6.40. The molecule has 3 heterocycles. The van der Waals surface area contributed by atoms with Crippen molar-refractivity contribution in [3.63, 3.8) is 0 Å². The van der Waals surface area contributed by atoms with E-state index < -0.39 is 0 Å². The van der Waals surface area contributed by atoms with E-state index in [0.29, 0.717) is 11.6 Å². The van der Waals surface area contributed by atoms with Gasteiger partial charge in [0.05, 0.1) is 12.1 Å². The van der Waals surface area contributed by atoms with Gasteiger partial charge in [-0.1, -0.05) is 25.8 Å². The van der Waals surface area contributed by atoms with Gasteiger partial charge < -0.3 is 25.8 Å². The molecule has 160 valence electrons. The van der Waals surface area contributed by atoms with Crippen LogP contribution in [0.25, 0.3) is 11.0 Å². The first-order valence-electron chi connectivity index (χ1n) is 10.8. The highest BCUT2D eigenvalue weighted by atomic mass is 16.2. The molecule has 8 nitrogen and oxygen atoms in total. The Kier molecular flexibility index (Phi) is 4.77. The predicted octanol–water partition coefficient (Wildman–Crippen LogP) is 4.20. The van der Waals surface area contributed by atoms with Gasteiger partial charge in [-0.2, -0.15) is 4.98 Å². The molecule has 1 spiro atoms. The summed E-state index contributed by atoms with van der Waals surface area (Å²) in [5, 5.41) is 13.1. The van der Waals surface area contributed by atoms with Crippen LogP contribution in [0.3, 0.4) is 0 Å². The second-order valence-electron chi connectivity index (χ2n) is 8.27. The molecular formula is C23H27N7O. The standard InChI is InChI=1S/C23H27N7O/c1-15-23(10-4-3-5-11-23)30-19(14-25-15)12-16-13-26-21(29-20(16)30)27-17-6-8-18(9-7-17)28-22(31)24-2/h6-9,12-13,25H,1,3-5,10-11,14H2,2H3,(H2,24,28,31)(H,26,27,29). The first-order valence-corrected chi connectivity index (χ1v) is 10.8. The Morgan fingerprint density at radius 3 is 2.65 bits per heavy atom. The number of benzene rings is 1. The van der Waals surface area contributed by atoms with E-state index in [9.17, 15) is 4.79 Å². The Labute approximate surface area is 181 Å². The van der Waals surface area contributed by atoms with Crippen molar-refractivity contribution < 1.29 is 4.79 Å². The number of hydrogen-bond acceptors (Lipinski definition) is 5. The van der Waals surface area contributed by atoms with Crippen molar-refractivity contribution in [1.29, 1.82) is 0 Å². The number of nitrogens with one attached hydrogen (secondary N) is 4. The molecule has 1 aliphatic heterocycles. The molecular weight excluding hydrogens is 390 g/mol. The Bertz CT molecular complexity index is 1140. The van der Waals surface area contributed by atoms with E-state index in [1.165, 1.54) is 25.0 Å². The average Bonchev–Trinajstić information content (AvgIpc) is 3.17. The van der Waals surface area contributed by atoms with Gasteiger partial charge in [0, 0.05) is 41.4 Å². The highest BCUT2D eigenvalue weighted by molar-refractivity contribution is 5.89. The second-order valence-corrected chi connectivity index (χ2v) is 8.27. The third-order valence-electron chi connectivity index (χ3n) is 6.40. The molecule has 0 saturated heterocycles. The summed E-state index contributed by atoms with van der Waals surface area (Å²) in [4.78, 5) is 20.9. The van der Waals surface area contributed by atoms with Crippen molar-refractivity contribution in [2.75, 3.05) is 17.7 Å². The van der Waals surface area contributed by atoms with Crippen LogP contribution in [0, 0.1) is 0 Å². The minimum Gasteiger partial charge on any atom is -0.381 e. The number of urea groups is 1. The van der Waals surface area contributed by atoms with Crippen molar-refractivity contribution in [1.82, 2.24) is 25.2 Å². The van der Waals surface area contributed by atoms with Crippen molar-refractivity contribution in [2.24, 2.45) is 0 Å². The van der Waals surface area contributed by atoms with Gasteiger partial charge >= 0.3 is 6.03 Å². The van der Waals surface area contributed by atoms with Crippen LogP contribution in [-0.4, -0.2) is 27.6 Å². The third kappa shape index (κ3) is 3.37. The number of amides is 2. The summed E-state index contributed by atoms with van der Waals surface area (Å²) >= 11 is 0. The number of nitrogens with zero attached hydrogens (tertiary/aromatic N) is 3. The molecule has 1 fully saturated rings. The molecule has 1 aromatic carbocycles. The fraction of sp³-hybridized carbons (Fsp3) is 0.348. The molecule has 3 aromatic rings. The monoisotopic (exact) mass is 417 g/mol. The van der Waals surface area contributed by atoms with Gasteiger partial charge in [-0.25, -0.2) is 9.78 Å². The average molecular weight is 418 g/mol. The summed E-state index contributed by atoms with van der Waals surface area (Å²) < 4.78 is 2.41. The maximum absolute atomic E-state index is 11.5. The van der Waals surface area contributed by atoms with Gasteiger partial charge in [-0.05, 0) is 43.2 Å². The molecule has 0 radical (unpaired) electrons. The fourth-order valence-corrected chi connectivity index (χ4v) is 4.83. The summed E-state index contributed by atoms with van der Waals surface area (Å²) in [6.07, 6.45) is 7.73. The predicted molar refractivity (Wildman–Crippen MR) is 122 cm³/mol. The van der Waals surface area contributed by atoms with Gasteiger partial charge in [-0.3, -0.25) is 0 Å². The molecule has 0 bridgehead atoms. The van der Waals surface area contributed by atoms with E-state index in [1.807, 2.05) is 30.5 Å². The van der Waals surface area contributed by atoms with Crippen molar-refractivity contribution in [2.45, 2.75) is 44.2 Å². The number of anilines is 3. The molecule has 0 atom stereocenters. The Morgan fingerprint density at radius 1 is 1.16 bits per heavy atom. The number of aromatic nitrogens is 3. The molecule has 2 aromatic heterocycles. The van der Waals surface area contributed by atoms with Crippen molar-refractivity contribution in [3.05, 3.63) is 54.5 Å². The first kappa shape index (κ1) is 19.4. The molecule has 2 aliphatic rings. The number of carbonyl (C=O) groups excluding carboxylic acids is 1. The van der Waals surface area contributed by atoms with Crippen LogP contribution in [0.4, 0.5) is 22.1 Å². The first-order chi connectivity index (χ1) is 15.1. The lowest BCUT2D eigenvalue weighted by Crippen LogP contribution is -2.47. The van der Waals surface area contributed by atoms with Gasteiger partial charge in [0.1, 0.15) is 5.65 Å². The number of fused-ring (bicyclic) bond motifs is 4. The topological polar surface area (TPSA) is 95.9 Å². The lowest BCUT2D eigenvalue weighted by molar-refractivity contribution is 0.213. The Morgan fingerprint density at radius 2 is 1.90 bits per heavy atom. The van der Waals surface area contributed by atoms with Crippen LogP contribution in [0.1, 0.15) is 37.8 Å². The molecule has 0 unspecified atom stereocenters. The summed E-state index contributed by atoms with van der Waals surface area (Å²) in [5.74, 6) is 0.551. The van der Waals surface area contributed by atoms with Gasteiger partial charge in [0.25, 0.3) is 0 Å². The smallest absolute Gasteiger partial charge is 0.318 e. The maximum atomic E-state index is 11.5. The Balaban J connectivity index is 1.47. The quantitative estimate of drug-likeness (QED) is 0.512. The van der Waals surface area contributed by atoms with E-state index >= 15 is 0 Å². The minimum absolute atomic E-state index is 0.105. The second kappa shape index (κ2) is 7.61.